The summed E-state index contributed by atoms with van der Waals surface area (Å²) in [7, 11) is 0. The number of hydrogen-bond donors (Lipinski definition) is 2. The highest BCUT2D eigenvalue weighted by Crippen LogP contribution is 2.28. The molecule has 2 aromatic carbocycles. The van der Waals surface area contributed by atoms with E-state index in [1.807, 2.05) is 0 Å². The van der Waals surface area contributed by atoms with Gasteiger partial charge in [0.05, 0.1) is 10.7 Å². The third-order valence-corrected chi connectivity index (χ3v) is 4.79. The van der Waals surface area contributed by atoms with Crippen molar-refractivity contribution in [1.82, 2.24) is 15.3 Å². The lowest BCUT2D eigenvalue weighted by Crippen LogP contribution is -2.27. The van der Waals surface area contributed by atoms with Crippen molar-refractivity contribution in [1.29, 1.82) is 0 Å². The Morgan fingerprint density at radius 3 is 2.59 bits per heavy atom. The van der Waals surface area contributed by atoms with Gasteiger partial charge in [-0.15, -0.1) is 0 Å². The van der Waals surface area contributed by atoms with E-state index in [-0.39, 0.29) is 33.9 Å². The van der Waals surface area contributed by atoms with Crippen molar-refractivity contribution >= 4 is 29.1 Å². The summed E-state index contributed by atoms with van der Waals surface area (Å²) in [6, 6.07) is 10.5. The summed E-state index contributed by atoms with van der Waals surface area (Å²) in [6.07, 6.45) is 0. The second-order valence-electron chi connectivity index (χ2n) is 6.79. The summed E-state index contributed by atoms with van der Waals surface area (Å²) in [5, 5.41) is 3.43. The van der Waals surface area contributed by atoms with E-state index >= 15 is 0 Å². The molecule has 0 radical (unpaired) electrons. The van der Waals surface area contributed by atoms with Crippen LogP contribution in [0.1, 0.15) is 19.4 Å². The molecule has 0 aliphatic carbocycles. The van der Waals surface area contributed by atoms with Gasteiger partial charge in [-0.2, -0.15) is 0 Å². The molecule has 3 aromatic rings. The van der Waals surface area contributed by atoms with Crippen LogP contribution in [0.25, 0.3) is 22.6 Å². The molecule has 0 aliphatic heterocycles. The van der Waals surface area contributed by atoms with Crippen molar-refractivity contribution in [2.75, 3.05) is 0 Å². The molecule has 1 amide bonds. The summed E-state index contributed by atoms with van der Waals surface area (Å²) < 4.78 is 14.3. The highest BCUT2D eigenvalue weighted by Gasteiger charge is 2.14. The van der Waals surface area contributed by atoms with Crippen LogP contribution in [-0.2, 0) is 11.3 Å². The molecule has 0 spiro atoms. The van der Waals surface area contributed by atoms with Gasteiger partial charge in [-0.3, -0.25) is 9.59 Å². The second kappa shape index (κ2) is 8.76. The van der Waals surface area contributed by atoms with Crippen molar-refractivity contribution in [3.63, 3.8) is 0 Å². The number of H-pyrrole nitrogens is 1. The van der Waals surface area contributed by atoms with Gasteiger partial charge >= 0.3 is 0 Å². The first kappa shape index (κ1) is 21.0. The fourth-order valence-corrected chi connectivity index (χ4v) is 3.04. The third-order valence-electron chi connectivity index (χ3n) is 4.23. The number of nitrogens with zero attached hydrogens (tertiary/aromatic N) is 1. The predicted molar refractivity (Wildman–Crippen MR) is 112 cm³/mol. The maximum atomic E-state index is 14.3. The largest absolute Gasteiger partial charge is 0.352 e. The van der Waals surface area contributed by atoms with Crippen LogP contribution in [0.5, 0.6) is 0 Å². The molecule has 0 saturated carbocycles. The fourth-order valence-electron chi connectivity index (χ4n) is 2.68. The topological polar surface area (TPSA) is 74.8 Å². The highest BCUT2D eigenvalue weighted by molar-refractivity contribution is 6.33. The molecule has 0 bridgehead atoms. The van der Waals surface area contributed by atoms with Crippen LogP contribution >= 0.6 is 23.2 Å². The molecule has 150 valence electrons. The zero-order valence-corrected chi connectivity index (χ0v) is 17.2. The van der Waals surface area contributed by atoms with Crippen molar-refractivity contribution in [2.45, 2.75) is 20.4 Å². The minimum atomic E-state index is -0.585. The Hall–Kier alpha value is -2.70. The van der Waals surface area contributed by atoms with Crippen molar-refractivity contribution in [2.24, 2.45) is 5.92 Å². The van der Waals surface area contributed by atoms with Gasteiger partial charge < -0.3 is 10.3 Å². The van der Waals surface area contributed by atoms with E-state index in [1.165, 1.54) is 18.2 Å². The lowest BCUT2D eigenvalue weighted by atomic mass is 10.1. The average molecular weight is 434 g/mol. The van der Waals surface area contributed by atoms with Gasteiger partial charge in [0.1, 0.15) is 11.6 Å². The molecule has 29 heavy (non-hydrogen) atoms. The molecule has 0 fully saturated rings. The second-order valence-corrected chi connectivity index (χ2v) is 7.63. The number of amides is 1. The predicted octanol–water partition coefficient (Wildman–Crippen LogP) is 4.82. The number of rotatable bonds is 5. The summed E-state index contributed by atoms with van der Waals surface area (Å²) in [5.41, 5.74) is 1.11. The standard InChI is InChI=1S/C21H18Cl2FN3O2/c1-11(2)21(29)25-10-12-3-6-16(23)15(7-12)20-26-18(9-19(28)27-20)14-5-4-13(22)8-17(14)24/h3-9,11H,10H2,1-2H3,(H,25,29)(H,26,27,28). The Labute approximate surface area is 176 Å². The van der Waals surface area contributed by atoms with E-state index in [0.29, 0.717) is 17.1 Å². The molecule has 2 N–H and O–H groups in total. The number of benzene rings is 2. The number of halogens is 3. The minimum absolute atomic E-state index is 0.0757. The Morgan fingerprint density at radius 2 is 1.90 bits per heavy atom. The molecule has 0 unspecified atom stereocenters. The van der Waals surface area contributed by atoms with Crippen LogP contribution in [0.15, 0.2) is 47.3 Å². The first-order valence-corrected chi connectivity index (χ1v) is 9.63. The Balaban J connectivity index is 2.00. The molecular formula is C21H18Cl2FN3O2. The molecule has 5 nitrogen and oxygen atoms in total. The molecular weight excluding hydrogens is 416 g/mol. The van der Waals surface area contributed by atoms with E-state index < -0.39 is 11.4 Å². The van der Waals surface area contributed by atoms with Gasteiger partial charge in [0.15, 0.2) is 0 Å². The number of aromatic amines is 1. The van der Waals surface area contributed by atoms with Gasteiger partial charge in [-0.1, -0.05) is 43.1 Å². The monoisotopic (exact) mass is 433 g/mol. The zero-order valence-electron chi connectivity index (χ0n) is 15.7. The van der Waals surface area contributed by atoms with Gasteiger partial charge in [-0.25, -0.2) is 9.37 Å². The van der Waals surface area contributed by atoms with Crippen molar-refractivity contribution < 1.29 is 9.18 Å². The van der Waals surface area contributed by atoms with Crippen LogP contribution in [0.3, 0.4) is 0 Å². The number of carbonyl (C=O) groups is 1. The molecule has 0 saturated heterocycles. The first-order valence-electron chi connectivity index (χ1n) is 8.88. The Bertz CT molecular complexity index is 1130. The quantitative estimate of drug-likeness (QED) is 0.605. The van der Waals surface area contributed by atoms with E-state index in [1.54, 1.807) is 32.0 Å². The van der Waals surface area contributed by atoms with Crippen LogP contribution in [-0.4, -0.2) is 15.9 Å². The van der Waals surface area contributed by atoms with E-state index in [9.17, 15) is 14.0 Å². The Kier molecular flexibility index (Phi) is 6.35. The summed E-state index contributed by atoms with van der Waals surface area (Å²) >= 11 is 12.1. The van der Waals surface area contributed by atoms with Gasteiger partial charge in [0, 0.05) is 34.7 Å². The van der Waals surface area contributed by atoms with Crippen LogP contribution in [0.4, 0.5) is 4.39 Å². The molecule has 8 heteroatoms. The van der Waals surface area contributed by atoms with Crippen LogP contribution < -0.4 is 10.9 Å². The van der Waals surface area contributed by atoms with Gasteiger partial charge in [0.25, 0.3) is 5.56 Å². The third kappa shape index (κ3) is 5.02. The van der Waals surface area contributed by atoms with Crippen LogP contribution in [0.2, 0.25) is 10.0 Å². The highest BCUT2D eigenvalue weighted by atomic mass is 35.5. The lowest BCUT2D eigenvalue weighted by Gasteiger charge is -2.11. The normalized spacial score (nSPS) is 11.0. The maximum absolute atomic E-state index is 14.3. The maximum Gasteiger partial charge on any atom is 0.251 e. The van der Waals surface area contributed by atoms with Gasteiger partial charge in [-0.05, 0) is 35.9 Å². The molecule has 1 heterocycles. The molecule has 1 aromatic heterocycles. The number of aromatic nitrogens is 2. The number of hydrogen-bond acceptors (Lipinski definition) is 3. The lowest BCUT2D eigenvalue weighted by molar-refractivity contribution is -0.124. The van der Waals surface area contributed by atoms with Crippen molar-refractivity contribution in [3.8, 4) is 22.6 Å². The summed E-state index contributed by atoms with van der Waals surface area (Å²) in [6.45, 7) is 3.91. The summed E-state index contributed by atoms with van der Waals surface area (Å²) in [5.74, 6) is -0.597. The van der Waals surface area contributed by atoms with E-state index in [0.717, 1.165) is 11.6 Å². The molecule has 0 aliphatic rings. The van der Waals surface area contributed by atoms with Crippen LogP contribution in [0, 0.1) is 11.7 Å². The fraction of sp³-hybridized carbons (Fsp3) is 0.190. The number of nitrogens with one attached hydrogen (secondary N) is 2. The zero-order chi connectivity index (χ0) is 21.1. The minimum Gasteiger partial charge on any atom is -0.352 e. The molecule has 3 rings (SSSR count). The SMILES string of the molecule is CC(C)C(=O)NCc1ccc(Cl)c(-c2nc(-c3ccc(Cl)cc3F)cc(=O)[nH]2)c1. The molecule has 0 atom stereocenters. The van der Waals surface area contributed by atoms with Crippen molar-refractivity contribution in [3.05, 3.63) is 74.2 Å². The van der Waals surface area contributed by atoms with E-state index in [4.69, 9.17) is 23.2 Å². The van der Waals surface area contributed by atoms with E-state index in [2.05, 4.69) is 15.3 Å². The average Bonchev–Trinajstić information content (AvgIpc) is 2.66. The smallest absolute Gasteiger partial charge is 0.251 e. The Morgan fingerprint density at radius 1 is 1.14 bits per heavy atom. The summed E-state index contributed by atoms with van der Waals surface area (Å²) in [4.78, 5) is 31.0. The van der Waals surface area contributed by atoms with Gasteiger partial charge in [0.2, 0.25) is 5.91 Å². The first-order chi connectivity index (χ1) is 13.7. The number of carbonyl (C=O) groups excluding carboxylic acids is 1.